The summed E-state index contributed by atoms with van der Waals surface area (Å²) >= 11 is 0. The summed E-state index contributed by atoms with van der Waals surface area (Å²) in [5.74, 6) is -1.59. The Bertz CT molecular complexity index is 672. The second-order valence-corrected chi connectivity index (χ2v) is 9.23. The average Bonchev–Trinajstić information content (AvgIpc) is 3.22. The van der Waals surface area contributed by atoms with Crippen LogP contribution in [0.3, 0.4) is 0 Å². The lowest BCUT2D eigenvalue weighted by atomic mass is 10.0. The van der Waals surface area contributed by atoms with Gasteiger partial charge >= 0.3 is 0 Å². The fourth-order valence-electron chi connectivity index (χ4n) is 4.29. The summed E-state index contributed by atoms with van der Waals surface area (Å²) in [7, 11) is 2.08. The smallest absolute Gasteiger partial charge is 0.246 e. The minimum absolute atomic E-state index is 0.0260. The summed E-state index contributed by atoms with van der Waals surface area (Å²) in [6.45, 7) is 10.3. The van der Waals surface area contributed by atoms with Gasteiger partial charge in [0.25, 0.3) is 0 Å². The number of nitrogens with zero attached hydrogens (tertiary/aromatic N) is 3. The van der Waals surface area contributed by atoms with Gasteiger partial charge in [0, 0.05) is 26.1 Å². The molecule has 0 aromatic carbocycles. The second-order valence-electron chi connectivity index (χ2n) is 9.23. The molecule has 0 aromatic rings. The summed E-state index contributed by atoms with van der Waals surface area (Å²) < 4.78 is 0. The molecular weight excluding hydrogens is 450 g/mol. The van der Waals surface area contributed by atoms with Crippen LogP contribution < -0.4 is 21.7 Å². The fraction of sp³-hybridized carbons (Fsp3) is 0.833. The van der Waals surface area contributed by atoms with E-state index in [0.29, 0.717) is 19.0 Å². The Kier molecular flexibility index (Phi) is 15.4. The SMILES string of the molecule is CCN(CC)CCCNCC(=O)NC(=O)CN(CCNC(C)=O)C(=O)[C@@H](N)CC[C@H]1CCCN1C. The third kappa shape index (κ3) is 13.0. The molecule has 35 heavy (non-hydrogen) atoms. The summed E-state index contributed by atoms with van der Waals surface area (Å²) in [5.41, 5.74) is 6.18. The first kappa shape index (κ1) is 31.0. The highest BCUT2D eigenvalue weighted by Crippen LogP contribution is 2.19. The topological polar surface area (TPSA) is 140 Å². The maximum Gasteiger partial charge on any atom is 0.246 e. The molecule has 0 unspecified atom stereocenters. The van der Waals surface area contributed by atoms with Gasteiger partial charge in [-0.2, -0.15) is 0 Å². The summed E-state index contributed by atoms with van der Waals surface area (Å²) in [6, 6.07) is -0.320. The van der Waals surface area contributed by atoms with Crippen LogP contribution in [0, 0.1) is 0 Å². The van der Waals surface area contributed by atoms with E-state index < -0.39 is 17.9 Å². The molecule has 0 bridgehead atoms. The van der Waals surface area contributed by atoms with E-state index in [2.05, 4.69) is 46.6 Å². The van der Waals surface area contributed by atoms with Gasteiger partial charge in [0.15, 0.2) is 0 Å². The Hall–Kier alpha value is -2.08. The molecule has 0 radical (unpaired) electrons. The van der Waals surface area contributed by atoms with E-state index in [1.807, 2.05) is 0 Å². The molecule has 5 N–H and O–H groups in total. The Morgan fingerprint density at radius 2 is 1.80 bits per heavy atom. The van der Waals surface area contributed by atoms with Crippen molar-refractivity contribution < 1.29 is 19.2 Å². The molecule has 2 atom stereocenters. The second kappa shape index (κ2) is 17.4. The van der Waals surface area contributed by atoms with E-state index in [0.717, 1.165) is 51.9 Å². The molecule has 202 valence electrons. The van der Waals surface area contributed by atoms with Crippen molar-refractivity contribution in [3.8, 4) is 0 Å². The monoisotopic (exact) mass is 497 g/mol. The van der Waals surface area contributed by atoms with E-state index in [-0.39, 0.29) is 38.0 Å². The minimum atomic E-state index is -0.739. The van der Waals surface area contributed by atoms with Gasteiger partial charge in [0.2, 0.25) is 23.6 Å². The zero-order chi connectivity index (χ0) is 26.2. The number of rotatable bonds is 17. The zero-order valence-corrected chi connectivity index (χ0v) is 22.1. The van der Waals surface area contributed by atoms with Crippen molar-refractivity contribution in [1.82, 2.24) is 30.7 Å². The van der Waals surface area contributed by atoms with Crippen molar-refractivity contribution in [3.63, 3.8) is 0 Å². The van der Waals surface area contributed by atoms with E-state index >= 15 is 0 Å². The first-order valence-electron chi connectivity index (χ1n) is 12.9. The lowest BCUT2D eigenvalue weighted by molar-refractivity contribution is -0.139. The number of hydrogen-bond acceptors (Lipinski definition) is 8. The van der Waals surface area contributed by atoms with Crippen molar-refractivity contribution in [1.29, 1.82) is 0 Å². The molecule has 1 heterocycles. The highest BCUT2D eigenvalue weighted by atomic mass is 16.2. The van der Waals surface area contributed by atoms with E-state index in [9.17, 15) is 19.2 Å². The largest absolute Gasteiger partial charge is 0.355 e. The van der Waals surface area contributed by atoms with Gasteiger partial charge in [-0.25, -0.2) is 0 Å². The number of imide groups is 1. The minimum Gasteiger partial charge on any atom is -0.355 e. The lowest BCUT2D eigenvalue weighted by Gasteiger charge is -2.26. The Balaban J connectivity index is 2.49. The van der Waals surface area contributed by atoms with E-state index in [4.69, 9.17) is 5.73 Å². The molecule has 11 nitrogen and oxygen atoms in total. The number of amides is 4. The van der Waals surface area contributed by atoms with Crippen LogP contribution in [0.25, 0.3) is 0 Å². The number of nitrogens with one attached hydrogen (secondary N) is 3. The number of likely N-dealkylation sites (tertiary alicyclic amines) is 1. The molecule has 0 aromatic heterocycles. The van der Waals surface area contributed by atoms with Gasteiger partial charge < -0.3 is 31.1 Å². The molecular formula is C24H47N7O4. The molecule has 1 aliphatic rings. The van der Waals surface area contributed by atoms with Crippen LogP contribution in [0.5, 0.6) is 0 Å². The van der Waals surface area contributed by atoms with Gasteiger partial charge in [-0.05, 0) is 71.9 Å². The van der Waals surface area contributed by atoms with Crippen molar-refractivity contribution >= 4 is 23.6 Å². The van der Waals surface area contributed by atoms with Crippen LogP contribution >= 0.6 is 0 Å². The van der Waals surface area contributed by atoms with Gasteiger partial charge in [-0.15, -0.1) is 0 Å². The maximum absolute atomic E-state index is 13.0. The Labute approximate surface area is 210 Å². The van der Waals surface area contributed by atoms with Crippen LogP contribution in [0.15, 0.2) is 0 Å². The van der Waals surface area contributed by atoms with Crippen LogP contribution in [0.2, 0.25) is 0 Å². The van der Waals surface area contributed by atoms with Crippen LogP contribution in [-0.2, 0) is 19.2 Å². The molecule has 0 saturated carbocycles. The van der Waals surface area contributed by atoms with E-state index in [1.165, 1.54) is 11.8 Å². The zero-order valence-electron chi connectivity index (χ0n) is 22.1. The summed E-state index contributed by atoms with van der Waals surface area (Å²) in [5, 5.41) is 8.00. The van der Waals surface area contributed by atoms with Crippen molar-refractivity contribution in [2.24, 2.45) is 5.73 Å². The standard InChI is InChI=1S/C24H47N7O4/c1-5-30(6-2)15-8-12-26-17-22(33)28-23(34)18-31(16-13-27-19(3)32)24(35)21(25)11-10-20-9-7-14-29(20)4/h20-21,26H,5-18,25H2,1-4H3,(H,27,32)(H,28,33,34)/t20-,21+/m1/s1. The Morgan fingerprint density at radius 1 is 1.09 bits per heavy atom. The Morgan fingerprint density at radius 3 is 2.40 bits per heavy atom. The maximum atomic E-state index is 13.0. The lowest BCUT2D eigenvalue weighted by Crippen LogP contribution is -2.51. The third-order valence-corrected chi connectivity index (χ3v) is 6.49. The summed E-state index contributed by atoms with van der Waals surface area (Å²) in [6.07, 6.45) is 4.47. The van der Waals surface area contributed by atoms with Crippen molar-refractivity contribution in [2.75, 3.05) is 66.0 Å². The molecule has 4 amide bonds. The number of carbonyl (C=O) groups is 4. The van der Waals surface area contributed by atoms with Crippen LogP contribution in [0.1, 0.15) is 52.9 Å². The van der Waals surface area contributed by atoms with Crippen LogP contribution in [-0.4, -0.2) is 116 Å². The normalized spacial score (nSPS) is 16.8. The van der Waals surface area contributed by atoms with E-state index in [1.54, 1.807) is 0 Å². The fourth-order valence-corrected chi connectivity index (χ4v) is 4.29. The van der Waals surface area contributed by atoms with Crippen LogP contribution in [0.4, 0.5) is 0 Å². The molecule has 1 fully saturated rings. The molecule has 1 aliphatic heterocycles. The highest BCUT2D eigenvalue weighted by molar-refractivity contribution is 5.98. The van der Waals surface area contributed by atoms with Gasteiger partial charge in [-0.1, -0.05) is 13.8 Å². The molecule has 1 saturated heterocycles. The molecule has 0 spiro atoms. The van der Waals surface area contributed by atoms with Crippen molar-refractivity contribution in [3.05, 3.63) is 0 Å². The number of hydrogen-bond donors (Lipinski definition) is 4. The quantitative estimate of drug-likeness (QED) is 0.190. The average molecular weight is 498 g/mol. The molecule has 1 rings (SSSR count). The predicted molar refractivity (Wildman–Crippen MR) is 137 cm³/mol. The number of nitrogens with two attached hydrogens (primary N) is 1. The van der Waals surface area contributed by atoms with Gasteiger partial charge in [0.1, 0.15) is 6.54 Å². The predicted octanol–water partition coefficient (Wildman–Crippen LogP) is -0.883. The third-order valence-electron chi connectivity index (χ3n) is 6.49. The molecule has 0 aliphatic carbocycles. The number of carbonyl (C=O) groups excluding carboxylic acids is 4. The molecule has 11 heteroatoms. The summed E-state index contributed by atoms with van der Waals surface area (Å²) in [4.78, 5) is 54.7. The first-order chi connectivity index (χ1) is 16.7. The first-order valence-corrected chi connectivity index (χ1v) is 12.9. The highest BCUT2D eigenvalue weighted by Gasteiger charge is 2.26. The van der Waals surface area contributed by atoms with Crippen molar-refractivity contribution in [2.45, 2.75) is 65.0 Å². The van der Waals surface area contributed by atoms with Gasteiger partial charge in [-0.3, -0.25) is 24.5 Å². The van der Waals surface area contributed by atoms with Gasteiger partial charge in [0.05, 0.1) is 12.6 Å².